The van der Waals surface area contributed by atoms with Gasteiger partial charge in [-0.15, -0.1) is 0 Å². The molecule has 0 spiro atoms. The van der Waals surface area contributed by atoms with Crippen molar-refractivity contribution >= 4 is 15.9 Å². The van der Waals surface area contributed by atoms with E-state index in [2.05, 4.69) is 10.3 Å². The van der Waals surface area contributed by atoms with E-state index in [1.54, 1.807) is 30.9 Å². The van der Waals surface area contributed by atoms with Crippen LogP contribution in [0, 0.1) is 11.7 Å². The summed E-state index contributed by atoms with van der Waals surface area (Å²) in [5.41, 5.74) is 0.713. The van der Waals surface area contributed by atoms with Gasteiger partial charge in [-0.25, -0.2) is 17.8 Å². The molecule has 1 unspecified atom stereocenters. The Morgan fingerprint density at radius 3 is 2.62 bits per heavy atom. The molecular weight excluding hydrogens is 399 g/mol. The molecule has 29 heavy (non-hydrogen) atoms. The molecule has 0 radical (unpaired) electrons. The number of aromatic nitrogens is 2. The van der Waals surface area contributed by atoms with Gasteiger partial charge < -0.3 is 14.6 Å². The highest BCUT2D eigenvalue weighted by atomic mass is 32.2. The Labute approximate surface area is 169 Å². The number of hydrogen-bond acceptors (Lipinski definition) is 5. The second-order valence-corrected chi connectivity index (χ2v) is 9.21. The van der Waals surface area contributed by atoms with Crippen molar-refractivity contribution in [2.75, 3.05) is 26.8 Å². The first-order chi connectivity index (χ1) is 13.7. The fourth-order valence-corrected chi connectivity index (χ4v) is 5.03. The summed E-state index contributed by atoms with van der Waals surface area (Å²) in [4.78, 5) is 16.9. The number of hydrogen-bond donors (Lipinski definition) is 1. The van der Waals surface area contributed by atoms with Gasteiger partial charge >= 0.3 is 0 Å². The predicted octanol–water partition coefficient (Wildman–Crippen LogP) is 1.11. The molecule has 3 rings (SSSR count). The van der Waals surface area contributed by atoms with Crippen LogP contribution in [0.1, 0.15) is 18.4 Å². The van der Waals surface area contributed by atoms with Gasteiger partial charge in [0, 0.05) is 45.4 Å². The van der Waals surface area contributed by atoms with Crippen LogP contribution in [0.5, 0.6) is 0 Å². The fourth-order valence-electron chi connectivity index (χ4n) is 3.57. The van der Waals surface area contributed by atoms with Crippen LogP contribution >= 0.6 is 0 Å². The van der Waals surface area contributed by atoms with Gasteiger partial charge in [-0.1, -0.05) is 12.1 Å². The van der Waals surface area contributed by atoms with Crippen LogP contribution in [-0.2, 0) is 26.6 Å². The first-order valence-corrected chi connectivity index (χ1v) is 10.7. The van der Waals surface area contributed by atoms with E-state index in [1.807, 2.05) is 6.92 Å². The van der Waals surface area contributed by atoms with Crippen molar-refractivity contribution in [3.63, 3.8) is 0 Å². The van der Waals surface area contributed by atoms with Crippen molar-refractivity contribution < 1.29 is 22.3 Å². The maximum Gasteiger partial charge on any atom is 0.262 e. The summed E-state index contributed by atoms with van der Waals surface area (Å²) < 4.78 is 47.3. The van der Waals surface area contributed by atoms with E-state index in [4.69, 9.17) is 4.74 Å². The normalized spacial score (nSPS) is 21.2. The van der Waals surface area contributed by atoms with E-state index in [-0.39, 0.29) is 35.9 Å². The molecule has 1 aliphatic heterocycles. The van der Waals surface area contributed by atoms with Crippen molar-refractivity contribution in [3.05, 3.63) is 48.2 Å². The van der Waals surface area contributed by atoms with Crippen molar-refractivity contribution in [3.8, 4) is 0 Å². The van der Waals surface area contributed by atoms with E-state index in [0.29, 0.717) is 12.2 Å². The molecule has 0 bridgehead atoms. The summed E-state index contributed by atoms with van der Waals surface area (Å²) in [6.07, 6.45) is 2.84. The van der Waals surface area contributed by atoms with Crippen molar-refractivity contribution in [2.45, 2.75) is 23.9 Å². The number of benzene rings is 1. The lowest BCUT2D eigenvalue weighted by Crippen LogP contribution is -2.42. The molecule has 8 nitrogen and oxygen atoms in total. The second kappa shape index (κ2) is 8.60. The van der Waals surface area contributed by atoms with Crippen molar-refractivity contribution in [2.24, 2.45) is 13.0 Å². The number of rotatable bonds is 7. The average molecular weight is 424 g/mol. The summed E-state index contributed by atoms with van der Waals surface area (Å²) in [5.74, 6) is -1.66. The highest BCUT2D eigenvalue weighted by molar-refractivity contribution is 7.89. The van der Waals surface area contributed by atoms with Gasteiger partial charge in [0.2, 0.25) is 5.91 Å². The number of amides is 1. The highest BCUT2D eigenvalue weighted by Crippen LogP contribution is 2.35. The fraction of sp³-hybridized carbons (Fsp3) is 0.474. The second-order valence-electron chi connectivity index (χ2n) is 7.33. The van der Waals surface area contributed by atoms with E-state index in [0.717, 1.165) is 0 Å². The lowest BCUT2D eigenvalue weighted by Gasteiger charge is -2.21. The van der Waals surface area contributed by atoms with Crippen LogP contribution < -0.4 is 5.32 Å². The Hall–Kier alpha value is -2.30. The number of nitrogens with one attached hydrogen (secondary N) is 1. The minimum Gasteiger partial charge on any atom is -0.383 e. The molecule has 1 amide bonds. The number of aryl methyl sites for hydroxylation is 1. The largest absolute Gasteiger partial charge is 0.383 e. The number of sulfonamides is 1. The maximum absolute atomic E-state index is 13.4. The van der Waals surface area contributed by atoms with E-state index >= 15 is 0 Å². The Kier molecular flexibility index (Phi) is 6.35. The Morgan fingerprint density at radius 2 is 2.03 bits per heavy atom. The van der Waals surface area contributed by atoms with Crippen molar-refractivity contribution in [1.29, 1.82) is 0 Å². The lowest BCUT2D eigenvalue weighted by atomic mass is 9.88. The van der Waals surface area contributed by atoms with Crippen LogP contribution in [0.2, 0.25) is 0 Å². The lowest BCUT2D eigenvalue weighted by molar-refractivity contribution is -0.125. The van der Waals surface area contributed by atoms with Crippen LogP contribution in [0.3, 0.4) is 0 Å². The molecular formula is C19H25FN4O4S. The highest BCUT2D eigenvalue weighted by Gasteiger charge is 2.44. The van der Waals surface area contributed by atoms with Gasteiger partial charge in [0.1, 0.15) is 5.82 Å². The molecule has 10 heteroatoms. The number of nitrogens with zero attached hydrogens (tertiary/aromatic N) is 3. The SMILES string of the molecule is COCC(C)NC(=O)[C@@H]1CN(S(=O)(=O)c2cn(C)cn2)C[C@H]1c1ccc(F)cc1. The van der Waals surface area contributed by atoms with Crippen LogP contribution in [0.25, 0.3) is 0 Å². The zero-order valence-electron chi connectivity index (χ0n) is 16.6. The van der Waals surface area contributed by atoms with Gasteiger partial charge in [-0.2, -0.15) is 4.31 Å². The van der Waals surface area contributed by atoms with E-state index < -0.39 is 21.9 Å². The number of carbonyl (C=O) groups is 1. The predicted molar refractivity (Wildman–Crippen MR) is 104 cm³/mol. The van der Waals surface area contributed by atoms with E-state index in [9.17, 15) is 17.6 Å². The molecule has 1 aromatic carbocycles. The molecule has 3 atom stereocenters. The van der Waals surface area contributed by atoms with Gasteiger partial charge in [0.25, 0.3) is 10.0 Å². The zero-order chi connectivity index (χ0) is 21.2. The van der Waals surface area contributed by atoms with Gasteiger partial charge in [-0.3, -0.25) is 4.79 Å². The van der Waals surface area contributed by atoms with Crippen LogP contribution in [-0.4, -0.2) is 61.0 Å². The molecule has 2 heterocycles. The van der Waals surface area contributed by atoms with Crippen molar-refractivity contribution in [1.82, 2.24) is 19.2 Å². The molecule has 1 fully saturated rings. The van der Waals surface area contributed by atoms with Gasteiger partial charge in [-0.05, 0) is 24.6 Å². The minimum atomic E-state index is -3.85. The quantitative estimate of drug-likeness (QED) is 0.719. The summed E-state index contributed by atoms with van der Waals surface area (Å²) in [7, 11) is -0.622. The molecule has 1 saturated heterocycles. The Bertz CT molecular complexity index is 961. The number of methoxy groups -OCH3 is 1. The van der Waals surface area contributed by atoms with Gasteiger partial charge in [0.15, 0.2) is 5.03 Å². The summed E-state index contributed by atoms with van der Waals surface area (Å²) in [5, 5.41) is 2.81. The molecule has 1 aromatic heterocycles. The first kappa shape index (κ1) is 21.4. The monoisotopic (exact) mass is 424 g/mol. The molecule has 1 aliphatic rings. The van der Waals surface area contributed by atoms with Crippen LogP contribution in [0.15, 0.2) is 41.8 Å². The number of halogens is 1. The molecule has 0 saturated carbocycles. The van der Waals surface area contributed by atoms with Gasteiger partial charge in [0.05, 0.1) is 18.9 Å². The summed E-state index contributed by atoms with van der Waals surface area (Å²) in [6.45, 7) is 2.29. The van der Waals surface area contributed by atoms with E-state index in [1.165, 1.54) is 29.0 Å². The van der Waals surface area contributed by atoms with Crippen LogP contribution in [0.4, 0.5) is 4.39 Å². The Balaban J connectivity index is 1.89. The molecule has 158 valence electrons. The molecule has 0 aliphatic carbocycles. The first-order valence-electron chi connectivity index (χ1n) is 9.25. The molecule has 1 N–H and O–H groups in total. The third-order valence-electron chi connectivity index (χ3n) is 5.01. The third-order valence-corrected chi connectivity index (χ3v) is 6.73. The number of ether oxygens (including phenoxy) is 1. The third kappa shape index (κ3) is 4.65. The standard InChI is InChI=1S/C19H25FN4O4S/c1-13(11-28-3)22-19(25)17-9-24(29(26,27)18-10-23(2)12-21-18)8-16(17)14-4-6-15(20)7-5-14/h4-7,10,12-13,16-17H,8-9,11H2,1-3H3,(H,22,25)/t13?,16-,17+/m0/s1. The number of imidazole rings is 1. The Morgan fingerprint density at radius 1 is 1.34 bits per heavy atom. The molecule has 2 aromatic rings. The zero-order valence-corrected chi connectivity index (χ0v) is 17.4. The average Bonchev–Trinajstić information content (AvgIpc) is 3.30. The minimum absolute atomic E-state index is 0.0203. The number of carbonyl (C=O) groups excluding carboxylic acids is 1. The maximum atomic E-state index is 13.4. The summed E-state index contributed by atoms with van der Waals surface area (Å²) in [6, 6.07) is 5.59. The summed E-state index contributed by atoms with van der Waals surface area (Å²) >= 11 is 0. The smallest absolute Gasteiger partial charge is 0.262 e. The topological polar surface area (TPSA) is 93.5 Å².